The summed E-state index contributed by atoms with van der Waals surface area (Å²) in [6.45, 7) is 1.97. The van der Waals surface area contributed by atoms with Crippen LogP contribution in [0, 0.1) is 35.5 Å². The molecule has 2 amide bonds. The minimum atomic E-state index is -3.66. The van der Waals surface area contributed by atoms with E-state index in [1.54, 1.807) is 29.7 Å². The zero-order valence-electron chi connectivity index (χ0n) is 23.4. The first-order valence-corrected chi connectivity index (χ1v) is 16.7. The van der Waals surface area contributed by atoms with Gasteiger partial charge in [-0.3, -0.25) is 19.7 Å². The quantitative estimate of drug-likeness (QED) is 0.251. The molecule has 0 spiro atoms. The van der Waals surface area contributed by atoms with E-state index < -0.39 is 26.9 Å². The molecule has 1 aliphatic heterocycles. The number of benzene rings is 1. The van der Waals surface area contributed by atoms with Gasteiger partial charge in [0.15, 0.2) is 9.84 Å². The van der Waals surface area contributed by atoms with E-state index in [0.717, 1.165) is 24.7 Å². The highest BCUT2D eigenvalue weighted by Gasteiger charge is 2.51. The Hall–Kier alpha value is -2.17. The van der Waals surface area contributed by atoms with Crippen LogP contribution >= 0.6 is 0 Å². The van der Waals surface area contributed by atoms with Gasteiger partial charge in [-0.25, -0.2) is 13.9 Å². The molecule has 0 aromatic heterocycles. The van der Waals surface area contributed by atoms with Gasteiger partial charge in [0, 0.05) is 38.6 Å². The van der Waals surface area contributed by atoms with Gasteiger partial charge in [-0.15, -0.1) is 0 Å². The fraction of sp³-hybridized carbons (Fsp3) is 0.733. The third-order valence-electron chi connectivity index (χ3n) is 10.4. The fourth-order valence-corrected chi connectivity index (χ4v) is 10.2. The monoisotopic (exact) mass is 573 g/mol. The number of likely N-dealkylation sites (tertiary alicyclic amines) is 1. The van der Waals surface area contributed by atoms with Gasteiger partial charge in [0.2, 0.25) is 11.8 Å². The first-order valence-electron chi connectivity index (χ1n) is 15.1. The second kappa shape index (κ2) is 11.2. The molecule has 7 rings (SSSR count). The average molecular weight is 574 g/mol. The van der Waals surface area contributed by atoms with Crippen molar-refractivity contribution in [2.45, 2.75) is 74.0 Å². The van der Waals surface area contributed by atoms with Crippen LogP contribution in [-0.4, -0.2) is 79.8 Å². The zero-order valence-corrected chi connectivity index (χ0v) is 24.2. The molecule has 5 saturated carbocycles. The number of sulfone groups is 1. The van der Waals surface area contributed by atoms with Crippen LogP contribution in [0.1, 0.15) is 57.8 Å². The number of amides is 2. The topological polar surface area (TPSA) is 116 Å². The second-order valence-electron chi connectivity index (χ2n) is 13.2. The molecule has 0 radical (unpaired) electrons. The van der Waals surface area contributed by atoms with Crippen LogP contribution in [-0.2, 0) is 19.4 Å². The molecular weight excluding hydrogens is 530 g/mol. The van der Waals surface area contributed by atoms with Crippen LogP contribution in [0.4, 0.5) is 0 Å². The maximum Gasteiger partial charge on any atom is 0.247 e. The summed E-state index contributed by atoms with van der Waals surface area (Å²) in [5.74, 6) is 2.91. The number of nitrogens with one attached hydrogen (secondary N) is 1. The largest absolute Gasteiger partial charge is 0.494 e. The summed E-state index contributed by atoms with van der Waals surface area (Å²) in [6, 6.07) is 6.82. The molecule has 220 valence electrons. The summed E-state index contributed by atoms with van der Waals surface area (Å²) in [4.78, 5) is 29.6. The lowest BCUT2D eigenvalue weighted by Gasteiger charge is -2.54. The molecular formula is C30H43N3O6S. The number of carbonyl (C=O) groups excluding carboxylic acids is 2. The van der Waals surface area contributed by atoms with E-state index in [-0.39, 0.29) is 17.2 Å². The van der Waals surface area contributed by atoms with E-state index in [9.17, 15) is 18.0 Å². The molecule has 9 nitrogen and oxygen atoms in total. The van der Waals surface area contributed by atoms with Crippen LogP contribution in [0.5, 0.6) is 5.75 Å². The molecule has 1 aromatic carbocycles. The Labute approximate surface area is 237 Å². The molecule has 6 aliphatic rings. The smallest absolute Gasteiger partial charge is 0.247 e. The van der Waals surface area contributed by atoms with Gasteiger partial charge < -0.3 is 9.64 Å². The number of rotatable bonds is 10. The van der Waals surface area contributed by atoms with Crippen LogP contribution in [0.15, 0.2) is 29.2 Å². The number of carbonyl (C=O) groups is 2. The molecule has 1 aromatic rings. The summed E-state index contributed by atoms with van der Waals surface area (Å²) < 4.78 is 32.8. The number of piperidine rings is 1. The van der Waals surface area contributed by atoms with Crippen molar-refractivity contribution in [2.75, 3.05) is 33.3 Å². The van der Waals surface area contributed by atoms with Gasteiger partial charge in [-0.1, -0.05) is 0 Å². The van der Waals surface area contributed by atoms with Crippen molar-refractivity contribution in [3.05, 3.63) is 24.3 Å². The highest BCUT2D eigenvalue weighted by molar-refractivity contribution is 7.92. The molecule has 4 bridgehead atoms. The van der Waals surface area contributed by atoms with Gasteiger partial charge in [0.05, 0.1) is 22.7 Å². The maximum atomic E-state index is 13.5. The minimum absolute atomic E-state index is 0.186. The van der Waals surface area contributed by atoms with E-state index >= 15 is 0 Å². The summed E-state index contributed by atoms with van der Waals surface area (Å²) >= 11 is 0. The number of hydroxylamine groups is 1. The highest BCUT2D eigenvalue weighted by Crippen LogP contribution is 2.56. The number of nitrogens with zero attached hydrogens (tertiary/aromatic N) is 2. The Morgan fingerprint density at radius 2 is 1.65 bits per heavy atom. The van der Waals surface area contributed by atoms with Crippen molar-refractivity contribution in [2.24, 2.45) is 35.5 Å². The van der Waals surface area contributed by atoms with E-state index in [1.165, 1.54) is 32.1 Å². The van der Waals surface area contributed by atoms with E-state index in [2.05, 4.69) is 4.90 Å². The molecule has 2 N–H and O–H groups in total. The van der Waals surface area contributed by atoms with Crippen molar-refractivity contribution < 1.29 is 28.0 Å². The maximum absolute atomic E-state index is 13.5. The lowest BCUT2D eigenvalue weighted by molar-refractivity contribution is -0.147. The summed E-state index contributed by atoms with van der Waals surface area (Å²) in [5, 5.41) is 8.40. The van der Waals surface area contributed by atoms with E-state index in [0.29, 0.717) is 62.2 Å². The Kier molecular flexibility index (Phi) is 7.87. The second-order valence-corrected chi connectivity index (χ2v) is 15.4. The van der Waals surface area contributed by atoms with Gasteiger partial charge in [0.25, 0.3) is 0 Å². The molecule has 40 heavy (non-hydrogen) atoms. The first-order chi connectivity index (χ1) is 19.2. The lowest BCUT2D eigenvalue weighted by atomic mass is 9.51. The number of hydrogen-bond donors (Lipinski definition) is 2. The van der Waals surface area contributed by atoms with Gasteiger partial charge in [0.1, 0.15) is 5.75 Å². The van der Waals surface area contributed by atoms with Crippen molar-refractivity contribution >= 4 is 21.7 Å². The summed E-state index contributed by atoms with van der Waals surface area (Å²) in [6.07, 6.45) is 9.27. The predicted molar refractivity (Wildman–Crippen MR) is 148 cm³/mol. The van der Waals surface area contributed by atoms with E-state index in [1.807, 2.05) is 11.9 Å². The third kappa shape index (κ3) is 5.63. The van der Waals surface area contributed by atoms with Crippen LogP contribution in [0.2, 0.25) is 0 Å². The Balaban J connectivity index is 0.993. The van der Waals surface area contributed by atoms with Gasteiger partial charge in [-0.05, 0) is 106 Å². The molecule has 2 atom stereocenters. The van der Waals surface area contributed by atoms with Gasteiger partial charge in [-0.2, -0.15) is 0 Å². The lowest BCUT2D eigenvalue weighted by Crippen LogP contribution is -2.51. The predicted octanol–water partition coefficient (Wildman–Crippen LogP) is 3.12. The standard InChI is InChI=1S/C30H43N3O6S/c1-32(30(35)28-21-12-19-11-20(14-21)15-22(28)13-19)9-2-10-39-25-5-7-26(8-6-25)40(37,38)27-16-23(29(34)31-36)17-33(18-27)24-3-4-24/h5-8,19-24,27-28,36H,2-4,9-18H2,1H3,(H,31,34). The summed E-state index contributed by atoms with van der Waals surface area (Å²) in [7, 11) is -1.75. The molecule has 6 fully saturated rings. The first kappa shape index (κ1) is 28.0. The highest BCUT2D eigenvalue weighted by atomic mass is 32.2. The van der Waals surface area contributed by atoms with E-state index in [4.69, 9.17) is 9.94 Å². The molecule has 1 saturated heterocycles. The van der Waals surface area contributed by atoms with Crippen molar-refractivity contribution in [3.8, 4) is 5.75 Å². The molecule has 5 aliphatic carbocycles. The van der Waals surface area contributed by atoms with Crippen LogP contribution in [0.25, 0.3) is 0 Å². The number of hydrogen-bond acceptors (Lipinski definition) is 7. The number of ether oxygens (including phenoxy) is 1. The van der Waals surface area contributed by atoms with Crippen LogP contribution in [0.3, 0.4) is 0 Å². The van der Waals surface area contributed by atoms with Crippen LogP contribution < -0.4 is 10.2 Å². The Morgan fingerprint density at radius 1 is 1.00 bits per heavy atom. The zero-order chi connectivity index (χ0) is 28.0. The summed E-state index contributed by atoms with van der Waals surface area (Å²) in [5.41, 5.74) is 1.70. The Bertz CT molecular complexity index is 1170. The minimum Gasteiger partial charge on any atom is -0.494 e. The normalized spacial score (nSPS) is 33.5. The molecule has 2 unspecified atom stereocenters. The fourth-order valence-electron chi connectivity index (χ4n) is 8.43. The van der Waals surface area contributed by atoms with Gasteiger partial charge >= 0.3 is 0 Å². The van der Waals surface area contributed by atoms with Crippen molar-refractivity contribution in [1.82, 2.24) is 15.3 Å². The Morgan fingerprint density at radius 3 is 2.25 bits per heavy atom. The van der Waals surface area contributed by atoms with Crippen molar-refractivity contribution in [3.63, 3.8) is 0 Å². The average Bonchev–Trinajstić information content (AvgIpc) is 3.80. The molecule has 10 heteroatoms. The SMILES string of the molecule is CN(CCCOc1ccc(S(=O)(=O)C2CC(C(=O)NO)CN(C3CC3)C2)cc1)C(=O)C1C2CC3CC(C2)CC1C3. The van der Waals surface area contributed by atoms with Crippen molar-refractivity contribution in [1.29, 1.82) is 0 Å². The molecule has 1 heterocycles. The third-order valence-corrected chi connectivity index (χ3v) is 12.5.